The third kappa shape index (κ3) is 6.67. The lowest BCUT2D eigenvalue weighted by atomic mass is 10.2. The normalized spacial score (nSPS) is 11.8. The quantitative estimate of drug-likeness (QED) is 0.322. The molecule has 7 nitrogen and oxygen atoms in total. The van der Waals surface area contributed by atoms with E-state index >= 15 is 0 Å². The molecule has 0 saturated carbocycles. The van der Waals surface area contributed by atoms with E-state index in [1.165, 1.54) is 5.56 Å². The lowest BCUT2D eigenvalue weighted by Gasteiger charge is -2.16. The zero-order chi connectivity index (χ0) is 20.5. The summed E-state index contributed by atoms with van der Waals surface area (Å²) in [5.74, 6) is 1.13. The van der Waals surface area contributed by atoms with Gasteiger partial charge in [0.1, 0.15) is 5.82 Å². The van der Waals surface area contributed by atoms with Crippen LogP contribution in [0, 0.1) is 0 Å². The number of pyridine rings is 1. The standard InChI is InChI=1S/C20H23BrN6OS/c1-2-15(13-28)25-19-18(21)12-23-20(27-19)26-16-4-3-5-17(10-16)29-24-11-14-6-8-22-9-7-14/h3-10,12,15,24,28H,2,11,13H2,1H3,(H2,23,25,26,27). The molecule has 0 aliphatic rings. The van der Waals surface area contributed by atoms with Crippen molar-refractivity contribution in [1.82, 2.24) is 19.7 Å². The van der Waals surface area contributed by atoms with Crippen LogP contribution in [0.1, 0.15) is 18.9 Å². The van der Waals surface area contributed by atoms with Gasteiger partial charge in [-0.15, -0.1) is 0 Å². The molecule has 0 aliphatic heterocycles. The Bertz CT molecular complexity index is 910. The molecular formula is C20H23BrN6OS. The molecule has 4 N–H and O–H groups in total. The van der Waals surface area contributed by atoms with Crippen molar-refractivity contribution >= 4 is 45.3 Å². The molecule has 0 spiro atoms. The Hall–Kier alpha value is -2.20. The molecule has 1 atom stereocenters. The van der Waals surface area contributed by atoms with Crippen molar-refractivity contribution in [3.63, 3.8) is 0 Å². The number of aliphatic hydroxyl groups is 1. The molecule has 1 unspecified atom stereocenters. The Kier molecular flexibility index (Phi) is 8.24. The fraction of sp³-hybridized carbons (Fsp3) is 0.250. The maximum atomic E-state index is 9.41. The van der Waals surface area contributed by atoms with Gasteiger partial charge >= 0.3 is 0 Å². The number of benzene rings is 1. The van der Waals surface area contributed by atoms with E-state index in [4.69, 9.17) is 0 Å². The first-order valence-electron chi connectivity index (χ1n) is 9.23. The van der Waals surface area contributed by atoms with E-state index in [0.717, 1.165) is 28.0 Å². The van der Waals surface area contributed by atoms with Gasteiger partial charge in [-0.1, -0.05) is 13.0 Å². The average Bonchev–Trinajstić information content (AvgIpc) is 2.75. The van der Waals surface area contributed by atoms with Crippen molar-refractivity contribution in [2.75, 3.05) is 17.2 Å². The number of hydrogen-bond donors (Lipinski definition) is 4. The monoisotopic (exact) mass is 474 g/mol. The van der Waals surface area contributed by atoms with E-state index in [1.54, 1.807) is 30.5 Å². The van der Waals surface area contributed by atoms with Gasteiger partial charge in [-0.2, -0.15) is 4.98 Å². The summed E-state index contributed by atoms with van der Waals surface area (Å²) >= 11 is 5.01. The number of halogens is 1. The van der Waals surface area contributed by atoms with Crippen molar-refractivity contribution in [3.05, 3.63) is 65.0 Å². The van der Waals surface area contributed by atoms with E-state index < -0.39 is 0 Å². The number of nitrogens with zero attached hydrogens (tertiary/aromatic N) is 3. The van der Waals surface area contributed by atoms with Crippen LogP contribution in [0.25, 0.3) is 0 Å². The van der Waals surface area contributed by atoms with Gasteiger partial charge in [0, 0.05) is 35.7 Å². The zero-order valence-corrected chi connectivity index (χ0v) is 18.4. The highest BCUT2D eigenvalue weighted by molar-refractivity contribution is 9.10. The minimum absolute atomic E-state index is 0.0431. The molecule has 0 fully saturated rings. The van der Waals surface area contributed by atoms with Crippen LogP contribution in [-0.4, -0.2) is 32.7 Å². The third-order valence-corrected chi connectivity index (χ3v) is 5.46. The van der Waals surface area contributed by atoms with Gasteiger partial charge in [0.05, 0.1) is 17.1 Å². The second-order valence-corrected chi connectivity index (χ2v) is 8.07. The molecule has 2 heterocycles. The van der Waals surface area contributed by atoms with Crippen molar-refractivity contribution in [2.24, 2.45) is 0 Å². The van der Waals surface area contributed by atoms with Crippen LogP contribution in [0.3, 0.4) is 0 Å². The van der Waals surface area contributed by atoms with E-state index in [-0.39, 0.29) is 12.6 Å². The lowest BCUT2D eigenvalue weighted by Crippen LogP contribution is -2.23. The summed E-state index contributed by atoms with van der Waals surface area (Å²) in [6.07, 6.45) is 6.06. The maximum Gasteiger partial charge on any atom is 0.229 e. The zero-order valence-electron chi connectivity index (χ0n) is 16.0. The predicted molar refractivity (Wildman–Crippen MR) is 121 cm³/mol. The van der Waals surface area contributed by atoms with Crippen LogP contribution < -0.4 is 15.4 Å². The first-order valence-corrected chi connectivity index (χ1v) is 10.8. The Morgan fingerprint density at radius 2 is 2.03 bits per heavy atom. The largest absolute Gasteiger partial charge is 0.394 e. The number of aromatic nitrogens is 3. The molecule has 0 saturated heterocycles. The first kappa shape index (κ1) is 21.5. The van der Waals surface area contributed by atoms with Gasteiger partial charge in [0.15, 0.2) is 0 Å². The number of anilines is 3. The highest BCUT2D eigenvalue weighted by Crippen LogP contribution is 2.25. The number of rotatable bonds is 10. The fourth-order valence-electron chi connectivity index (χ4n) is 2.47. The van der Waals surface area contributed by atoms with Crippen LogP contribution in [-0.2, 0) is 6.54 Å². The smallest absolute Gasteiger partial charge is 0.229 e. The number of nitrogens with one attached hydrogen (secondary N) is 3. The Morgan fingerprint density at radius 3 is 2.79 bits per heavy atom. The van der Waals surface area contributed by atoms with Crippen LogP contribution in [0.4, 0.5) is 17.5 Å². The molecule has 0 radical (unpaired) electrons. The Labute approximate surface area is 183 Å². The molecule has 2 aromatic heterocycles. The van der Waals surface area contributed by atoms with Crippen molar-refractivity contribution in [3.8, 4) is 0 Å². The molecule has 0 bridgehead atoms. The lowest BCUT2D eigenvalue weighted by molar-refractivity contribution is 0.271. The second-order valence-electron chi connectivity index (χ2n) is 6.25. The van der Waals surface area contributed by atoms with E-state index in [9.17, 15) is 5.11 Å². The summed E-state index contributed by atoms with van der Waals surface area (Å²) in [6, 6.07) is 11.9. The van der Waals surface area contributed by atoms with E-state index in [1.807, 2.05) is 43.3 Å². The van der Waals surface area contributed by atoms with E-state index in [2.05, 4.69) is 46.2 Å². The molecule has 1 aromatic carbocycles. The van der Waals surface area contributed by atoms with Crippen LogP contribution >= 0.6 is 27.9 Å². The minimum Gasteiger partial charge on any atom is -0.394 e. The van der Waals surface area contributed by atoms with Crippen molar-refractivity contribution < 1.29 is 5.11 Å². The van der Waals surface area contributed by atoms with Gasteiger partial charge in [0.25, 0.3) is 0 Å². The summed E-state index contributed by atoms with van der Waals surface area (Å²) in [7, 11) is 0. The number of aliphatic hydroxyl groups excluding tert-OH is 1. The van der Waals surface area contributed by atoms with Crippen LogP contribution in [0.5, 0.6) is 0 Å². The highest BCUT2D eigenvalue weighted by atomic mass is 79.9. The summed E-state index contributed by atoms with van der Waals surface area (Å²) in [5.41, 5.74) is 2.07. The first-order chi connectivity index (χ1) is 14.2. The topological polar surface area (TPSA) is 95.0 Å². The van der Waals surface area contributed by atoms with Gasteiger partial charge < -0.3 is 15.7 Å². The fourth-order valence-corrected chi connectivity index (χ4v) is 3.51. The molecule has 3 rings (SSSR count). The minimum atomic E-state index is -0.0553. The predicted octanol–water partition coefficient (Wildman–Crippen LogP) is 4.36. The molecule has 9 heteroatoms. The molecule has 29 heavy (non-hydrogen) atoms. The molecular weight excluding hydrogens is 452 g/mol. The maximum absolute atomic E-state index is 9.41. The Morgan fingerprint density at radius 1 is 1.21 bits per heavy atom. The van der Waals surface area contributed by atoms with Crippen molar-refractivity contribution in [2.45, 2.75) is 30.8 Å². The summed E-state index contributed by atoms with van der Waals surface area (Å²) in [4.78, 5) is 13.9. The molecule has 152 valence electrons. The molecule has 0 aliphatic carbocycles. The van der Waals surface area contributed by atoms with Crippen LogP contribution in [0.2, 0.25) is 0 Å². The van der Waals surface area contributed by atoms with Gasteiger partial charge in [-0.25, -0.2) is 4.98 Å². The summed E-state index contributed by atoms with van der Waals surface area (Å²) in [6.45, 7) is 2.80. The van der Waals surface area contributed by atoms with Gasteiger partial charge in [-0.3, -0.25) is 9.71 Å². The second kappa shape index (κ2) is 11.1. The van der Waals surface area contributed by atoms with Crippen LogP contribution in [0.15, 0.2) is 64.4 Å². The third-order valence-electron chi connectivity index (χ3n) is 4.10. The highest BCUT2D eigenvalue weighted by Gasteiger charge is 2.10. The SMILES string of the molecule is CCC(CO)Nc1nc(Nc2cccc(SNCc3ccncc3)c2)ncc1Br. The average molecular weight is 475 g/mol. The Balaban J connectivity index is 1.62. The molecule has 0 amide bonds. The van der Waals surface area contributed by atoms with Gasteiger partial charge in [0.2, 0.25) is 5.95 Å². The summed E-state index contributed by atoms with van der Waals surface area (Å²) < 4.78 is 4.10. The summed E-state index contributed by atoms with van der Waals surface area (Å²) in [5, 5.41) is 15.9. The number of hydrogen-bond acceptors (Lipinski definition) is 8. The van der Waals surface area contributed by atoms with Gasteiger partial charge in [-0.05, 0) is 70.2 Å². The van der Waals surface area contributed by atoms with E-state index in [0.29, 0.717) is 11.8 Å². The molecule has 3 aromatic rings. The van der Waals surface area contributed by atoms with Crippen molar-refractivity contribution in [1.29, 1.82) is 0 Å².